The van der Waals surface area contributed by atoms with E-state index < -0.39 is 24.3 Å². The van der Waals surface area contributed by atoms with Gasteiger partial charge in [-0.3, -0.25) is 19.2 Å². The normalized spacial score (nSPS) is 10.2. The monoisotopic (exact) mass is 421 g/mol. The van der Waals surface area contributed by atoms with Crippen molar-refractivity contribution < 1.29 is 29.0 Å². The van der Waals surface area contributed by atoms with Crippen molar-refractivity contribution in [2.24, 2.45) is 0 Å². The van der Waals surface area contributed by atoms with E-state index in [1.54, 1.807) is 12.1 Å². The average Bonchev–Trinajstić information content (AvgIpc) is 2.70. The second-order valence-electron chi connectivity index (χ2n) is 6.86. The molecule has 0 heterocycles. The molecule has 3 amide bonds. The second-order valence-corrected chi connectivity index (χ2v) is 6.86. The van der Waals surface area contributed by atoms with Crippen LogP contribution in [0, 0.1) is 0 Å². The molecular formula is C21H31N3O6. The molecule has 0 saturated carbocycles. The summed E-state index contributed by atoms with van der Waals surface area (Å²) in [6.07, 6.45) is 6.57. The maximum absolute atomic E-state index is 12.4. The van der Waals surface area contributed by atoms with Gasteiger partial charge in [-0.2, -0.15) is 0 Å². The molecule has 0 aliphatic heterocycles. The van der Waals surface area contributed by atoms with Gasteiger partial charge in [0.2, 0.25) is 11.8 Å². The van der Waals surface area contributed by atoms with Gasteiger partial charge in [-0.15, -0.1) is 0 Å². The lowest BCUT2D eigenvalue weighted by Gasteiger charge is -2.14. The van der Waals surface area contributed by atoms with Crippen LogP contribution in [0.15, 0.2) is 18.2 Å². The van der Waals surface area contributed by atoms with Gasteiger partial charge in [0.25, 0.3) is 5.91 Å². The van der Waals surface area contributed by atoms with Gasteiger partial charge in [-0.05, 0) is 24.6 Å². The lowest BCUT2D eigenvalue weighted by molar-refractivity contribution is -0.135. The minimum atomic E-state index is -1.17. The molecule has 1 aromatic carbocycles. The molecule has 0 spiro atoms. The van der Waals surface area contributed by atoms with Crippen LogP contribution >= 0.6 is 0 Å². The molecule has 1 rings (SSSR count). The number of hydrogen-bond donors (Lipinski definition) is 4. The van der Waals surface area contributed by atoms with Gasteiger partial charge in [0.15, 0.2) is 0 Å². The van der Waals surface area contributed by atoms with E-state index in [4.69, 9.17) is 9.84 Å². The number of carbonyl (C=O) groups is 4. The topological polar surface area (TPSA) is 134 Å². The smallest absolute Gasteiger partial charge is 0.322 e. The summed E-state index contributed by atoms with van der Waals surface area (Å²) in [4.78, 5) is 45.9. The quantitative estimate of drug-likeness (QED) is 0.341. The lowest BCUT2D eigenvalue weighted by atomic mass is 10.1. The van der Waals surface area contributed by atoms with Gasteiger partial charge in [0, 0.05) is 12.6 Å². The number of nitrogens with one attached hydrogen (secondary N) is 3. The molecule has 0 saturated heterocycles. The number of benzene rings is 1. The van der Waals surface area contributed by atoms with E-state index in [2.05, 4.69) is 22.9 Å². The molecule has 9 nitrogen and oxygen atoms in total. The van der Waals surface area contributed by atoms with Crippen LogP contribution < -0.4 is 20.7 Å². The number of carboxylic acid groups (broad SMARTS) is 1. The first kappa shape index (κ1) is 24.9. The Morgan fingerprint density at radius 3 is 2.33 bits per heavy atom. The molecule has 1 aromatic rings. The zero-order valence-corrected chi connectivity index (χ0v) is 17.6. The van der Waals surface area contributed by atoms with Crippen LogP contribution in [-0.2, 0) is 14.4 Å². The third-order valence-electron chi connectivity index (χ3n) is 4.16. The minimum Gasteiger partial charge on any atom is -0.493 e. The Balaban J connectivity index is 2.77. The highest BCUT2D eigenvalue weighted by molar-refractivity contribution is 6.01. The summed E-state index contributed by atoms with van der Waals surface area (Å²) in [5, 5.41) is 16.0. The Bertz CT molecular complexity index is 735. The molecule has 0 aliphatic carbocycles. The van der Waals surface area contributed by atoms with Gasteiger partial charge in [-0.1, -0.05) is 39.0 Å². The summed E-state index contributed by atoms with van der Waals surface area (Å²) in [5.74, 6) is -2.27. The van der Waals surface area contributed by atoms with Crippen LogP contribution in [0.4, 0.5) is 5.69 Å². The van der Waals surface area contributed by atoms with Crippen LogP contribution in [0.5, 0.6) is 5.75 Å². The fraction of sp³-hybridized carbons (Fsp3) is 0.524. The first-order valence-corrected chi connectivity index (χ1v) is 10.1. The number of ether oxygens (including phenoxy) is 1. The number of carbonyl (C=O) groups excluding carboxylic acids is 3. The number of aliphatic carboxylic acids is 1. The Kier molecular flexibility index (Phi) is 11.6. The van der Waals surface area contributed by atoms with Crippen molar-refractivity contribution in [1.82, 2.24) is 10.6 Å². The maximum atomic E-state index is 12.4. The summed E-state index contributed by atoms with van der Waals surface area (Å²) in [7, 11) is 0. The predicted octanol–water partition coefficient (Wildman–Crippen LogP) is 2.31. The average molecular weight is 421 g/mol. The van der Waals surface area contributed by atoms with Crippen molar-refractivity contribution >= 4 is 29.4 Å². The van der Waals surface area contributed by atoms with Crippen LogP contribution in [0.2, 0.25) is 0 Å². The third-order valence-corrected chi connectivity index (χ3v) is 4.16. The fourth-order valence-electron chi connectivity index (χ4n) is 2.64. The van der Waals surface area contributed by atoms with Crippen molar-refractivity contribution in [3.63, 3.8) is 0 Å². The molecule has 0 atom stereocenters. The Morgan fingerprint density at radius 1 is 0.967 bits per heavy atom. The highest BCUT2D eigenvalue weighted by Crippen LogP contribution is 2.23. The second kappa shape index (κ2) is 14.0. The van der Waals surface area contributed by atoms with Gasteiger partial charge < -0.3 is 25.8 Å². The molecule has 0 aliphatic rings. The number of amides is 3. The van der Waals surface area contributed by atoms with Crippen LogP contribution in [0.25, 0.3) is 0 Å². The van der Waals surface area contributed by atoms with E-state index >= 15 is 0 Å². The number of carboxylic acids is 1. The maximum Gasteiger partial charge on any atom is 0.322 e. The molecular weight excluding hydrogens is 390 g/mol. The molecule has 4 N–H and O–H groups in total. The zero-order chi connectivity index (χ0) is 22.4. The van der Waals surface area contributed by atoms with Crippen LogP contribution in [0.1, 0.15) is 62.7 Å². The largest absolute Gasteiger partial charge is 0.493 e. The van der Waals surface area contributed by atoms with Gasteiger partial charge in [0.1, 0.15) is 12.3 Å². The van der Waals surface area contributed by atoms with E-state index in [0.29, 0.717) is 18.0 Å². The van der Waals surface area contributed by atoms with Crippen molar-refractivity contribution in [3.8, 4) is 5.75 Å². The van der Waals surface area contributed by atoms with Crippen LogP contribution in [-0.4, -0.2) is 48.5 Å². The standard InChI is InChI=1S/C21H31N3O6/c1-3-4-5-6-7-8-11-30-18-10-9-16(24-19(26)13-22-15(2)25)12-17(18)21(29)23-14-20(27)28/h9-10,12H,3-8,11,13-14H2,1-2H3,(H,22,25)(H,23,29)(H,24,26)(H,27,28). The molecule has 166 valence electrons. The molecule has 0 radical (unpaired) electrons. The lowest BCUT2D eigenvalue weighted by Crippen LogP contribution is -2.31. The summed E-state index contributed by atoms with van der Waals surface area (Å²) in [6.45, 7) is 3.15. The van der Waals surface area contributed by atoms with E-state index in [1.807, 2.05) is 0 Å². The highest BCUT2D eigenvalue weighted by Gasteiger charge is 2.16. The number of rotatable bonds is 14. The Labute approximate surface area is 176 Å². The first-order valence-electron chi connectivity index (χ1n) is 10.1. The molecule has 0 aromatic heterocycles. The summed E-state index contributed by atoms with van der Waals surface area (Å²) in [6, 6.07) is 4.55. The number of hydrogen-bond acceptors (Lipinski definition) is 5. The molecule has 0 fully saturated rings. The Hall–Kier alpha value is -3.10. The summed E-state index contributed by atoms with van der Waals surface area (Å²) < 4.78 is 5.73. The Morgan fingerprint density at radius 2 is 1.67 bits per heavy atom. The molecule has 30 heavy (non-hydrogen) atoms. The highest BCUT2D eigenvalue weighted by atomic mass is 16.5. The predicted molar refractivity (Wildman–Crippen MR) is 113 cm³/mol. The van der Waals surface area contributed by atoms with E-state index in [-0.39, 0.29) is 18.0 Å². The van der Waals surface area contributed by atoms with Crippen LogP contribution in [0.3, 0.4) is 0 Å². The van der Waals surface area contributed by atoms with E-state index in [1.165, 1.54) is 32.3 Å². The van der Waals surface area contributed by atoms with Gasteiger partial charge in [-0.25, -0.2) is 0 Å². The number of unbranched alkanes of at least 4 members (excludes halogenated alkanes) is 5. The zero-order valence-electron chi connectivity index (χ0n) is 17.6. The first-order chi connectivity index (χ1) is 14.3. The van der Waals surface area contributed by atoms with Crippen molar-refractivity contribution in [3.05, 3.63) is 23.8 Å². The molecule has 0 unspecified atom stereocenters. The van der Waals surface area contributed by atoms with E-state index in [0.717, 1.165) is 19.3 Å². The van der Waals surface area contributed by atoms with Gasteiger partial charge in [0.05, 0.1) is 18.7 Å². The van der Waals surface area contributed by atoms with Crippen molar-refractivity contribution in [2.45, 2.75) is 52.4 Å². The van der Waals surface area contributed by atoms with E-state index in [9.17, 15) is 19.2 Å². The molecule has 0 bridgehead atoms. The number of anilines is 1. The molecule has 9 heteroatoms. The SMILES string of the molecule is CCCCCCCCOc1ccc(NC(=O)CNC(C)=O)cc1C(=O)NCC(=O)O. The van der Waals surface area contributed by atoms with Crippen molar-refractivity contribution in [1.29, 1.82) is 0 Å². The summed E-state index contributed by atoms with van der Waals surface area (Å²) >= 11 is 0. The summed E-state index contributed by atoms with van der Waals surface area (Å²) in [5.41, 5.74) is 0.456. The third kappa shape index (κ3) is 10.4. The fourth-order valence-corrected chi connectivity index (χ4v) is 2.64. The van der Waals surface area contributed by atoms with Gasteiger partial charge >= 0.3 is 5.97 Å². The van der Waals surface area contributed by atoms with Crippen molar-refractivity contribution in [2.75, 3.05) is 25.0 Å². The minimum absolute atomic E-state index is 0.125.